The van der Waals surface area contributed by atoms with Gasteiger partial charge in [0.15, 0.2) is 5.60 Å². The Kier molecular flexibility index (Phi) is 6.23. The summed E-state index contributed by atoms with van der Waals surface area (Å²) < 4.78 is 4.97. The number of rotatable bonds is 7. The minimum absolute atomic E-state index is 0.0733. The van der Waals surface area contributed by atoms with Crippen molar-refractivity contribution in [2.24, 2.45) is 5.92 Å². The number of anilines is 1. The second kappa shape index (κ2) is 9.24. The van der Waals surface area contributed by atoms with Crippen LogP contribution in [0.5, 0.6) is 0 Å². The van der Waals surface area contributed by atoms with E-state index in [4.69, 9.17) is 4.74 Å². The third-order valence-corrected chi connectivity index (χ3v) is 5.89. The molecule has 0 aliphatic carbocycles. The van der Waals surface area contributed by atoms with Gasteiger partial charge in [0.2, 0.25) is 0 Å². The Labute approximate surface area is 187 Å². The largest absolute Gasteiger partial charge is 0.469 e. The summed E-state index contributed by atoms with van der Waals surface area (Å²) in [6.45, 7) is 0.887. The molecule has 6 nitrogen and oxygen atoms in total. The lowest BCUT2D eigenvalue weighted by molar-refractivity contribution is -0.160. The molecule has 1 aliphatic rings. The molecule has 4 rings (SSSR count). The van der Waals surface area contributed by atoms with E-state index in [-0.39, 0.29) is 6.54 Å². The van der Waals surface area contributed by atoms with E-state index in [1.807, 2.05) is 66.7 Å². The van der Waals surface area contributed by atoms with Gasteiger partial charge >= 0.3 is 5.97 Å². The molecule has 2 N–H and O–H groups in total. The first-order valence-corrected chi connectivity index (χ1v) is 10.5. The van der Waals surface area contributed by atoms with E-state index in [0.717, 1.165) is 11.1 Å². The number of aliphatic hydroxyl groups is 1. The molecule has 1 amide bonds. The number of carbonyl (C=O) groups is 2. The fourth-order valence-electron chi connectivity index (χ4n) is 4.22. The number of nitrogens with one attached hydrogen (secondary N) is 1. The zero-order valence-electron chi connectivity index (χ0n) is 17.9. The van der Waals surface area contributed by atoms with Crippen LogP contribution in [0.1, 0.15) is 16.7 Å². The highest BCUT2D eigenvalue weighted by atomic mass is 16.5. The van der Waals surface area contributed by atoms with Crippen LogP contribution in [-0.2, 0) is 33.0 Å². The molecule has 32 heavy (non-hydrogen) atoms. The van der Waals surface area contributed by atoms with Crippen molar-refractivity contribution in [3.05, 3.63) is 102 Å². The Morgan fingerprint density at radius 3 is 2.25 bits per heavy atom. The van der Waals surface area contributed by atoms with Gasteiger partial charge in [0.1, 0.15) is 5.92 Å². The number of hydrogen-bond donors (Lipinski definition) is 2. The third kappa shape index (κ3) is 4.09. The molecule has 3 aromatic carbocycles. The highest BCUT2D eigenvalue weighted by molar-refractivity contribution is 5.96. The maximum Gasteiger partial charge on any atom is 0.314 e. The molecule has 0 unspecified atom stereocenters. The number of likely N-dealkylation sites (tertiary alicyclic amines) is 1. The fourth-order valence-corrected chi connectivity index (χ4v) is 4.22. The average molecular weight is 431 g/mol. The Morgan fingerprint density at radius 1 is 1.00 bits per heavy atom. The molecule has 6 heteroatoms. The van der Waals surface area contributed by atoms with Crippen LogP contribution in [0.4, 0.5) is 5.69 Å². The van der Waals surface area contributed by atoms with Crippen molar-refractivity contribution in [1.82, 2.24) is 4.90 Å². The number of ether oxygens (including phenoxy) is 1. The number of esters is 1. The van der Waals surface area contributed by atoms with E-state index >= 15 is 0 Å². The number of benzene rings is 3. The summed E-state index contributed by atoms with van der Waals surface area (Å²) in [6.07, 6.45) is 0. The monoisotopic (exact) mass is 430 g/mol. The first-order chi connectivity index (χ1) is 15.5. The van der Waals surface area contributed by atoms with Crippen molar-refractivity contribution < 1.29 is 19.4 Å². The van der Waals surface area contributed by atoms with Crippen molar-refractivity contribution in [2.45, 2.75) is 18.7 Å². The van der Waals surface area contributed by atoms with Crippen molar-refractivity contribution in [3.8, 4) is 0 Å². The SMILES string of the molecule is COC(=O)[C@H]1CN(Cc2ccccc2)C(=O)[C@]1(O)c1ccccc1NCc1ccccc1. The molecule has 2 atom stereocenters. The van der Waals surface area contributed by atoms with Crippen molar-refractivity contribution >= 4 is 17.6 Å². The maximum atomic E-state index is 13.5. The van der Waals surface area contributed by atoms with Crippen LogP contribution in [0, 0.1) is 5.92 Å². The zero-order chi connectivity index (χ0) is 22.6. The van der Waals surface area contributed by atoms with Crippen LogP contribution in [0.15, 0.2) is 84.9 Å². The van der Waals surface area contributed by atoms with Gasteiger partial charge in [-0.1, -0.05) is 78.9 Å². The first kappa shape index (κ1) is 21.6. The van der Waals surface area contributed by atoms with Crippen molar-refractivity contribution in [1.29, 1.82) is 0 Å². The third-order valence-electron chi connectivity index (χ3n) is 5.89. The molecule has 0 spiro atoms. The van der Waals surface area contributed by atoms with Gasteiger partial charge in [0.25, 0.3) is 5.91 Å². The molecule has 1 saturated heterocycles. The first-order valence-electron chi connectivity index (χ1n) is 10.5. The standard InChI is InChI=1S/C26H26N2O4/c1-32-24(29)22-18-28(17-20-12-6-3-7-13-20)25(30)26(22,31)21-14-8-9-15-23(21)27-16-19-10-4-2-5-11-19/h2-15,22,27,31H,16-18H2,1H3/t22-,26+/m1/s1. The normalized spacial score (nSPS) is 20.2. The van der Waals surface area contributed by atoms with Crippen LogP contribution in [0.25, 0.3) is 0 Å². The van der Waals surface area contributed by atoms with Crippen LogP contribution in [-0.4, -0.2) is 35.5 Å². The number of carbonyl (C=O) groups excluding carboxylic acids is 2. The lowest BCUT2D eigenvalue weighted by atomic mass is 9.82. The van der Waals surface area contributed by atoms with E-state index in [0.29, 0.717) is 24.3 Å². The summed E-state index contributed by atoms with van der Waals surface area (Å²) in [4.78, 5) is 27.7. The van der Waals surface area contributed by atoms with Crippen LogP contribution >= 0.6 is 0 Å². The molecule has 3 aromatic rings. The molecule has 0 bridgehead atoms. The lowest BCUT2D eigenvalue weighted by Crippen LogP contribution is -2.44. The number of methoxy groups -OCH3 is 1. The summed E-state index contributed by atoms with van der Waals surface area (Å²) in [7, 11) is 1.27. The highest BCUT2D eigenvalue weighted by Gasteiger charge is 2.58. The summed E-state index contributed by atoms with van der Waals surface area (Å²) in [5, 5.41) is 15.1. The smallest absolute Gasteiger partial charge is 0.314 e. The number of amides is 1. The van der Waals surface area contributed by atoms with Gasteiger partial charge in [0.05, 0.1) is 7.11 Å². The molecule has 1 fully saturated rings. The number of hydrogen-bond acceptors (Lipinski definition) is 5. The summed E-state index contributed by atoms with van der Waals surface area (Å²) >= 11 is 0. The molecule has 1 heterocycles. The van der Waals surface area contributed by atoms with E-state index in [9.17, 15) is 14.7 Å². The summed E-state index contributed by atoms with van der Waals surface area (Å²) in [5.74, 6) is -2.16. The van der Waals surface area contributed by atoms with Gasteiger partial charge in [-0.05, 0) is 17.2 Å². The molecule has 1 aliphatic heterocycles. The Hall–Kier alpha value is -3.64. The van der Waals surface area contributed by atoms with Crippen LogP contribution in [0.2, 0.25) is 0 Å². The van der Waals surface area contributed by atoms with Gasteiger partial charge in [0, 0.05) is 30.9 Å². The zero-order valence-corrected chi connectivity index (χ0v) is 17.9. The Bertz CT molecular complexity index is 1090. The predicted octanol–water partition coefficient (Wildman–Crippen LogP) is 3.32. The topological polar surface area (TPSA) is 78.9 Å². The lowest BCUT2D eigenvalue weighted by Gasteiger charge is -2.28. The molecule has 164 valence electrons. The average Bonchev–Trinajstić information content (AvgIpc) is 3.09. The van der Waals surface area contributed by atoms with E-state index in [1.54, 1.807) is 18.2 Å². The predicted molar refractivity (Wildman–Crippen MR) is 121 cm³/mol. The van der Waals surface area contributed by atoms with E-state index in [1.165, 1.54) is 12.0 Å². The minimum Gasteiger partial charge on any atom is -0.469 e. The van der Waals surface area contributed by atoms with Crippen LogP contribution < -0.4 is 5.32 Å². The molecule has 0 aromatic heterocycles. The van der Waals surface area contributed by atoms with Gasteiger partial charge in [-0.25, -0.2) is 0 Å². The van der Waals surface area contributed by atoms with Gasteiger partial charge in [-0.15, -0.1) is 0 Å². The molecule has 0 radical (unpaired) electrons. The second-order valence-corrected chi connectivity index (χ2v) is 7.90. The van der Waals surface area contributed by atoms with E-state index in [2.05, 4.69) is 5.32 Å². The Morgan fingerprint density at radius 2 is 1.59 bits per heavy atom. The molecular weight excluding hydrogens is 404 g/mol. The number of nitrogens with zero attached hydrogens (tertiary/aromatic N) is 1. The van der Waals surface area contributed by atoms with E-state index < -0.39 is 23.4 Å². The second-order valence-electron chi connectivity index (χ2n) is 7.90. The highest BCUT2D eigenvalue weighted by Crippen LogP contribution is 2.42. The van der Waals surface area contributed by atoms with Gasteiger partial charge in [-0.2, -0.15) is 0 Å². The van der Waals surface area contributed by atoms with Crippen molar-refractivity contribution in [2.75, 3.05) is 19.0 Å². The number of para-hydroxylation sites is 1. The van der Waals surface area contributed by atoms with Gasteiger partial charge < -0.3 is 20.1 Å². The maximum absolute atomic E-state index is 13.5. The van der Waals surface area contributed by atoms with Gasteiger partial charge in [-0.3, -0.25) is 9.59 Å². The Balaban J connectivity index is 1.68. The summed E-state index contributed by atoms with van der Waals surface area (Å²) in [6, 6.07) is 26.4. The minimum atomic E-state index is -2.03. The summed E-state index contributed by atoms with van der Waals surface area (Å²) in [5.41, 5.74) is 0.920. The molecule has 0 saturated carbocycles. The van der Waals surface area contributed by atoms with Crippen LogP contribution in [0.3, 0.4) is 0 Å². The quantitative estimate of drug-likeness (QED) is 0.562. The van der Waals surface area contributed by atoms with Crippen molar-refractivity contribution in [3.63, 3.8) is 0 Å². The molecular formula is C26H26N2O4. The fraction of sp³-hybridized carbons (Fsp3) is 0.231.